The van der Waals surface area contributed by atoms with Crippen molar-refractivity contribution in [1.29, 1.82) is 0 Å². The summed E-state index contributed by atoms with van der Waals surface area (Å²) in [6.45, 7) is -0.326. The summed E-state index contributed by atoms with van der Waals surface area (Å²) in [5.74, 6) is -2.78. The molecule has 0 N–H and O–H groups in total. The number of benzene rings is 3. The molecule has 272 valence electrons. The molecule has 0 spiro atoms. The fourth-order valence-electron chi connectivity index (χ4n) is 5.58. The van der Waals surface area contributed by atoms with Gasteiger partial charge in [-0.15, -0.1) is 0 Å². The predicted octanol–water partition coefficient (Wildman–Crippen LogP) is 12.1. The highest BCUT2D eigenvalue weighted by Gasteiger charge is 2.58. The molecule has 0 saturated heterocycles. The molecular weight excluding hydrogens is 737 g/mol. The van der Waals surface area contributed by atoms with Crippen LogP contribution in [0.4, 0.5) is 13.2 Å². The summed E-state index contributed by atoms with van der Waals surface area (Å²) in [5.41, 5.74) is 0. The lowest BCUT2D eigenvalue weighted by atomic mass is 10.0. The first-order valence-corrected chi connectivity index (χ1v) is 21.5. The Labute approximate surface area is 301 Å². The van der Waals surface area contributed by atoms with Crippen LogP contribution in [0.15, 0.2) is 99.6 Å². The molecule has 0 amide bonds. The Morgan fingerprint density at radius 3 is 1.35 bits per heavy atom. The maximum atomic E-state index is 15.4. The van der Waals surface area contributed by atoms with Crippen LogP contribution in [0.5, 0.6) is 0 Å². The molecule has 5 nitrogen and oxygen atoms in total. The molecule has 0 heterocycles. The maximum Gasteiger partial charge on any atom is 0.466 e. The Hall–Kier alpha value is -2.34. The van der Waals surface area contributed by atoms with E-state index in [2.05, 4.69) is 15.9 Å². The van der Waals surface area contributed by atoms with Crippen molar-refractivity contribution in [2.75, 3.05) is 11.9 Å². The van der Waals surface area contributed by atoms with Gasteiger partial charge in [-0.05, 0) is 71.7 Å². The van der Waals surface area contributed by atoms with Gasteiger partial charge in [0.15, 0.2) is 0 Å². The van der Waals surface area contributed by atoms with Crippen LogP contribution < -0.4 is 0 Å². The smallest absolute Gasteiger partial charge is 0.460 e. The normalized spacial score (nSPS) is 12.6. The molecule has 0 aromatic heterocycles. The topological polar surface area (TPSA) is 69.7 Å². The molecule has 3 rings (SSSR count). The van der Waals surface area contributed by atoms with Crippen molar-refractivity contribution < 1.29 is 34.7 Å². The van der Waals surface area contributed by atoms with E-state index in [0.29, 0.717) is 12.8 Å². The summed E-state index contributed by atoms with van der Waals surface area (Å²) in [4.78, 5) is 13.2. The predicted molar refractivity (Wildman–Crippen MR) is 195 cm³/mol. The highest BCUT2D eigenvalue weighted by atomic mass is 79.9. The van der Waals surface area contributed by atoms with Crippen molar-refractivity contribution in [2.45, 2.75) is 123 Å². The Bertz CT molecular complexity index is 1420. The van der Waals surface area contributed by atoms with E-state index in [0.717, 1.165) is 36.7 Å². The van der Waals surface area contributed by atoms with Gasteiger partial charge in [-0.1, -0.05) is 142 Å². The van der Waals surface area contributed by atoms with Gasteiger partial charge in [0.25, 0.3) is 0 Å². The third kappa shape index (κ3) is 12.7. The monoisotopic (exact) mass is 786 g/mol. The van der Waals surface area contributed by atoms with E-state index >= 15 is 8.78 Å². The number of unbranched alkanes of at least 4 members (excludes halogenated alkanes) is 15. The zero-order chi connectivity index (χ0) is 35.4. The van der Waals surface area contributed by atoms with Crippen LogP contribution in [0.25, 0.3) is 0 Å². The molecule has 0 saturated carbocycles. The van der Waals surface area contributed by atoms with Crippen molar-refractivity contribution >= 4 is 42.3 Å². The van der Waals surface area contributed by atoms with E-state index in [1.54, 1.807) is 60.7 Å². The first-order chi connectivity index (χ1) is 23.6. The Morgan fingerprint density at radius 2 is 0.939 bits per heavy atom. The van der Waals surface area contributed by atoms with Crippen molar-refractivity contribution in [3.05, 3.63) is 90.7 Å². The van der Waals surface area contributed by atoms with E-state index in [1.165, 1.54) is 82.8 Å². The fraction of sp³-hybridized carbons (Fsp3) is 0.500. The summed E-state index contributed by atoms with van der Waals surface area (Å²) in [6, 6.07) is 20.8. The molecule has 3 aromatic rings. The lowest BCUT2D eigenvalue weighted by Crippen LogP contribution is -2.41. The second-order valence-corrected chi connectivity index (χ2v) is 17.4. The number of hydrogen-bond acceptors (Lipinski definition) is 5. The zero-order valence-corrected chi connectivity index (χ0v) is 31.4. The SMILES string of the molecule is O=C(OCCCCCCCCCCCCCCCCCCBr)C(F)(F)S(=O)(=O)OS(c1ccccc1)(c1ccccc1)c1ccc(F)cc1. The number of rotatable bonds is 25. The standard InChI is InChI=1S/C38H50BrF3O5S2/c39-31-21-13-11-9-7-5-3-1-2-4-6-8-10-12-14-22-32-46-37(43)38(41,42)49(44,45)47-48(34-23-17-15-18-24-34,35-25-19-16-20-26-35)36-29-27-33(40)28-30-36/h15-20,23-30H,1-14,21-22,31-32H2. The average molecular weight is 788 g/mol. The van der Waals surface area contributed by atoms with Gasteiger partial charge >= 0.3 is 21.3 Å². The molecule has 49 heavy (non-hydrogen) atoms. The van der Waals surface area contributed by atoms with E-state index in [4.69, 9.17) is 8.37 Å². The molecule has 0 fully saturated rings. The van der Waals surface area contributed by atoms with E-state index in [-0.39, 0.29) is 21.3 Å². The highest BCUT2D eigenvalue weighted by Crippen LogP contribution is 2.70. The fourth-order valence-corrected chi connectivity index (χ4v) is 11.0. The number of carbonyl (C=O) groups excluding carboxylic acids is 1. The number of hydrogen-bond donors (Lipinski definition) is 0. The Morgan fingerprint density at radius 1 is 0.571 bits per heavy atom. The number of carbonyl (C=O) groups is 1. The van der Waals surface area contributed by atoms with Crippen LogP contribution in [-0.2, 0) is 23.3 Å². The molecule has 0 atom stereocenters. The molecule has 0 unspecified atom stereocenters. The van der Waals surface area contributed by atoms with E-state index in [1.807, 2.05) is 0 Å². The average Bonchev–Trinajstić information content (AvgIpc) is 3.11. The molecule has 0 aliphatic carbocycles. The summed E-state index contributed by atoms with van der Waals surface area (Å²) < 4.78 is 81.8. The molecule has 11 heteroatoms. The largest absolute Gasteiger partial charge is 0.466 e. The van der Waals surface area contributed by atoms with Crippen LogP contribution in [0.2, 0.25) is 0 Å². The van der Waals surface area contributed by atoms with Crippen molar-refractivity contribution in [1.82, 2.24) is 0 Å². The van der Waals surface area contributed by atoms with Crippen LogP contribution in [0.1, 0.15) is 103 Å². The van der Waals surface area contributed by atoms with Gasteiger partial charge in [-0.2, -0.15) is 17.2 Å². The van der Waals surface area contributed by atoms with Gasteiger partial charge in [-0.3, -0.25) is 0 Å². The van der Waals surface area contributed by atoms with Crippen LogP contribution in [-0.4, -0.2) is 31.6 Å². The minimum atomic E-state index is -5.91. The quantitative estimate of drug-likeness (QED) is 0.0486. The second kappa shape index (κ2) is 21.8. The lowest BCUT2D eigenvalue weighted by Gasteiger charge is -2.39. The maximum absolute atomic E-state index is 15.4. The molecule has 3 aromatic carbocycles. The molecule has 0 radical (unpaired) electrons. The zero-order valence-electron chi connectivity index (χ0n) is 28.2. The number of halogens is 4. The van der Waals surface area contributed by atoms with Crippen LogP contribution in [0.3, 0.4) is 0 Å². The van der Waals surface area contributed by atoms with Crippen LogP contribution >= 0.6 is 26.2 Å². The van der Waals surface area contributed by atoms with Crippen LogP contribution in [0, 0.1) is 5.82 Å². The van der Waals surface area contributed by atoms with Crippen molar-refractivity contribution in [3.63, 3.8) is 0 Å². The third-order valence-electron chi connectivity index (χ3n) is 8.30. The van der Waals surface area contributed by atoms with Gasteiger partial charge in [-0.25, -0.2) is 12.8 Å². The molecular formula is C38H50BrF3O5S2. The Kier molecular flexibility index (Phi) is 18.3. The first kappa shape index (κ1) is 41.1. The molecule has 0 aliphatic heterocycles. The summed E-state index contributed by atoms with van der Waals surface area (Å²) in [6.07, 6.45) is 18.1. The van der Waals surface area contributed by atoms with Gasteiger partial charge in [0.05, 0.1) is 6.61 Å². The number of esters is 1. The summed E-state index contributed by atoms with van der Waals surface area (Å²) in [5, 5.41) is -3.88. The second-order valence-electron chi connectivity index (χ2n) is 12.2. The summed E-state index contributed by atoms with van der Waals surface area (Å²) in [7, 11) is -9.33. The Balaban J connectivity index is 1.48. The minimum absolute atomic E-state index is 0.154. The van der Waals surface area contributed by atoms with Crippen molar-refractivity contribution in [3.8, 4) is 0 Å². The highest BCUT2D eigenvalue weighted by molar-refractivity contribution is 9.09. The minimum Gasteiger partial charge on any atom is -0.460 e. The van der Waals surface area contributed by atoms with Gasteiger partial charge in [0.1, 0.15) is 5.82 Å². The van der Waals surface area contributed by atoms with Crippen molar-refractivity contribution in [2.24, 2.45) is 0 Å². The molecule has 0 aliphatic rings. The number of ether oxygens (including phenoxy) is 1. The van der Waals surface area contributed by atoms with E-state index < -0.39 is 37.5 Å². The van der Waals surface area contributed by atoms with Gasteiger partial charge < -0.3 is 4.74 Å². The molecule has 0 bridgehead atoms. The lowest BCUT2D eigenvalue weighted by molar-refractivity contribution is -0.161. The van der Waals surface area contributed by atoms with Gasteiger partial charge in [0, 0.05) is 20.0 Å². The number of alkyl halides is 3. The van der Waals surface area contributed by atoms with Gasteiger partial charge in [0.2, 0.25) is 0 Å². The van der Waals surface area contributed by atoms with E-state index in [9.17, 15) is 17.6 Å². The first-order valence-electron chi connectivity index (χ1n) is 17.4. The third-order valence-corrected chi connectivity index (χ3v) is 14.0. The summed E-state index contributed by atoms with van der Waals surface area (Å²) >= 11 is 3.47.